The number of nitrogens with one attached hydrogen (secondary N) is 1. The molecule has 0 bridgehead atoms. The third kappa shape index (κ3) is 4.63. The number of rotatable bonds is 6. The SMILES string of the molecule is CC1CCC2(Cc3nc(OCC45CCCN4CC(F)C5)cc(OCC4(C)CCCN4)c3CO2)c2c1ccc(N)c2C#N. The van der Waals surface area contributed by atoms with Crippen LogP contribution in [0.2, 0.25) is 0 Å². The van der Waals surface area contributed by atoms with E-state index in [1.54, 1.807) is 0 Å². The van der Waals surface area contributed by atoms with Gasteiger partial charge in [-0.1, -0.05) is 13.0 Å². The summed E-state index contributed by atoms with van der Waals surface area (Å²) in [6.45, 7) is 8.07. The second-order valence-corrected chi connectivity index (χ2v) is 13.6. The van der Waals surface area contributed by atoms with Crippen molar-refractivity contribution in [2.24, 2.45) is 0 Å². The molecule has 0 amide bonds. The van der Waals surface area contributed by atoms with Gasteiger partial charge in [-0.25, -0.2) is 9.37 Å². The molecular formula is C33H42FN5O3. The third-order valence-corrected chi connectivity index (χ3v) is 10.7. The summed E-state index contributed by atoms with van der Waals surface area (Å²) in [7, 11) is 0. The van der Waals surface area contributed by atoms with Crippen LogP contribution in [0.4, 0.5) is 10.1 Å². The number of pyridine rings is 1. The number of nitrogens with two attached hydrogens (primary N) is 1. The highest BCUT2D eigenvalue weighted by molar-refractivity contribution is 5.64. The molecule has 1 aromatic carbocycles. The molecular weight excluding hydrogens is 533 g/mol. The molecule has 224 valence electrons. The van der Waals surface area contributed by atoms with Gasteiger partial charge in [0.05, 0.1) is 23.4 Å². The molecule has 9 heteroatoms. The van der Waals surface area contributed by atoms with E-state index in [1.807, 2.05) is 12.1 Å². The fourth-order valence-electron chi connectivity index (χ4n) is 8.29. The summed E-state index contributed by atoms with van der Waals surface area (Å²) in [6, 6.07) is 8.17. The minimum Gasteiger partial charge on any atom is -0.491 e. The Labute approximate surface area is 247 Å². The van der Waals surface area contributed by atoms with E-state index < -0.39 is 11.8 Å². The molecule has 3 N–H and O–H groups in total. The highest BCUT2D eigenvalue weighted by atomic mass is 19.1. The van der Waals surface area contributed by atoms with Gasteiger partial charge in [0.25, 0.3) is 0 Å². The highest BCUT2D eigenvalue weighted by Crippen LogP contribution is 2.51. The van der Waals surface area contributed by atoms with Gasteiger partial charge < -0.3 is 25.3 Å². The summed E-state index contributed by atoms with van der Waals surface area (Å²) < 4.78 is 34.2. The standard InChI is InChI=1S/C33H42FN5O3/c1-21-7-10-33(30-23(21)5-6-26(36)24(30)16-35)15-27-25(18-42-33)28(40-19-31(2)8-3-11-37-31)13-29(38-27)41-20-32-9-4-12-39(32)17-22(34)14-32/h5-6,13,21-22,37H,3-4,7-12,14-15,17-20,36H2,1-2H3. The molecule has 1 aliphatic carbocycles. The lowest BCUT2D eigenvalue weighted by molar-refractivity contribution is -0.0882. The summed E-state index contributed by atoms with van der Waals surface area (Å²) in [5, 5.41) is 13.7. The maximum absolute atomic E-state index is 14.4. The van der Waals surface area contributed by atoms with Gasteiger partial charge in [-0.15, -0.1) is 0 Å². The van der Waals surface area contributed by atoms with Crippen molar-refractivity contribution < 1.29 is 18.6 Å². The number of halogens is 1. The average molecular weight is 576 g/mol. The van der Waals surface area contributed by atoms with E-state index in [0.29, 0.717) is 62.3 Å². The fraction of sp³-hybridized carbons (Fsp3) is 0.636. The van der Waals surface area contributed by atoms with E-state index >= 15 is 0 Å². The van der Waals surface area contributed by atoms with Crippen LogP contribution in [-0.2, 0) is 23.4 Å². The van der Waals surface area contributed by atoms with E-state index in [2.05, 4.69) is 36.2 Å². The minimum absolute atomic E-state index is 0.0884. The molecule has 5 heterocycles. The predicted molar refractivity (Wildman–Crippen MR) is 157 cm³/mol. The molecule has 5 unspecified atom stereocenters. The molecule has 1 spiro atoms. The lowest BCUT2D eigenvalue weighted by Crippen LogP contribution is -2.44. The normalized spacial score (nSPS) is 33.7. The molecule has 3 saturated heterocycles. The first-order valence-corrected chi connectivity index (χ1v) is 15.6. The lowest BCUT2D eigenvalue weighted by atomic mass is 9.69. The Balaban J connectivity index is 1.24. The Morgan fingerprint density at radius 2 is 2.12 bits per heavy atom. The van der Waals surface area contributed by atoms with Gasteiger partial charge >= 0.3 is 0 Å². The topological polar surface area (TPSA) is 106 Å². The van der Waals surface area contributed by atoms with Crippen LogP contribution < -0.4 is 20.5 Å². The summed E-state index contributed by atoms with van der Waals surface area (Å²) in [5.41, 5.74) is 10.1. The molecule has 5 atom stereocenters. The molecule has 0 radical (unpaired) electrons. The third-order valence-electron chi connectivity index (χ3n) is 10.7. The maximum Gasteiger partial charge on any atom is 0.217 e. The van der Waals surface area contributed by atoms with Crippen LogP contribution in [-0.4, -0.2) is 60.0 Å². The van der Waals surface area contributed by atoms with Crippen molar-refractivity contribution in [1.82, 2.24) is 15.2 Å². The Kier molecular flexibility index (Phi) is 6.87. The van der Waals surface area contributed by atoms with Gasteiger partial charge in [0, 0.05) is 47.8 Å². The van der Waals surface area contributed by atoms with Crippen LogP contribution in [0.25, 0.3) is 0 Å². The number of hydrogen-bond acceptors (Lipinski definition) is 8. The summed E-state index contributed by atoms with van der Waals surface area (Å²) >= 11 is 0. The van der Waals surface area contributed by atoms with Crippen LogP contribution >= 0.6 is 0 Å². The second kappa shape index (κ2) is 10.4. The number of fused-ring (bicyclic) bond motifs is 4. The largest absolute Gasteiger partial charge is 0.491 e. The predicted octanol–water partition coefficient (Wildman–Crippen LogP) is 4.88. The highest BCUT2D eigenvalue weighted by Gasteiger charge is 2.50. The smallest absolute Gasteiger partial charge is 0.217 e. The molecule has 0 saturated carbocycles. The number of nitrogens with zero attached hydrogens (tertiary/aromatic N) is 3. The molecule has 7 rings (SSSR count). The van der Waals surface area contributed by atoms with Gasteiger partial charge in [0.2, 0.25) is 5.88 Å². The summed E-state index contributed by atoms with van der Waals surface area (Å²) in [5.74, 6) is 1.54. The summed E-state index contributed by atoms with van der Waals surface area (Å²) in [4.78, 5) is 7.32. The molecule has 4 aliphatic heterocycles. The lowest BCUT2D eigenvalue weighted by Gasteiger charge is -2.44. The number of benzene rings is 1. The Morgan fingerprint density at radius 3 is 2.93 bits per heavy atom. The number of nitriles is 1. The zero-order valence-corrected chi connectivity index (χ0v) is 24.8. The number of aromatic nitrogens is 1. The molecule has 2 aromatic rings. The van der Waals surface area contributed by atoms with Crippen molar-refractivity contribution in [3.63, 3.8) is 0 Å². The average Bonchev–Trinajstić information content (AvgIpc) is 3.66. The van der Waals surface area contributed by atoms with Crippen molar-refractivity contribution in [1.29, 1.82) is 5.26 Å². The van der Waals surface area contributed by atoms with Gasteiger partial charge in [-0.05, 0) is 76.1 Å². The molecule has 42 heavy (non-hydrogen) atoms. The van der Waals surface area contributed by atoms with E-state index in [4.69, 9.17) is 24.9 Å². The number of nitrogen functional groups attached to an aromatic ring is 1. The van der Waals surface area contributed by atoms with Crippen LogP contribution in [0.1, 0.15) is 92.7 Å². The molecule has 1 aromatic heterocycles. The molecule has 3 fully saturated rings. The zero-order chi connectivity index (χ0) is 29.1. The Morgan fingerprint density at radius 1 is 1.24 bits per heavy atom. The van der Waals surface area contributed by atoms with Crippen molar-refractivity contribution in [2.45, 2.75) is 101 Å². The monoisotopic (exact) mass is 575 g/mol. The first-order valence-electron chi connectivity index (χ1n) is 15.6. The van der Waals surface area contributed by atoms with E-state index in [0.717, 1.165) is 79.7 Å². The Bertz CT molecular complexity index is 1420. The Hall–Kier alpha value is -2.93. The quantitative estimate of drug-likeness (QED) is 0.470. The van der Waals surface area contributed by atoms with Crippen molar-refractivity contribution in [3.8, 4) is 17.7 Å². The fourth-order valence-corrected chi connectivity index (χ4v) is 8.29. The first-order chi connectivity index (χ1) is 20.2. The zero-order valence-electron chi connectivity index (χ0n) is 24.8. The number of hydrogen-bond donors (Lipinski definition) is 2. The number of ether oxygens (including phenoxy) is 3. The van der Waals surface area contributed by atoms with Gasteiger partial charge in [0.15, 0.2) is 0 Å². The van der Waals surface area contributed by atoms with Crippen molar-refractivity contribution in [2.75, 3.05) is 38.6 Å². The molecule has 5 aliphatic rings. The van der Waals surface area contributed by atoms with Gasteiger partial charge in [-0.3, -0.25) is 4.90 Å². The van der Waals surface area contributed by atoms with E-state index in [1.165, 1.54) is 0 Å². The van der Waals surface area contributed by atoms with E-state index in [9.17, 15) is 9.65 Å². The summed E-state index contributed by atoms with van der Waals surface area (Å²) in [6.07, 6.45) is 6.12. The van der Waals surface area contributed by atoms with Crippen LogP contribution in [0.5, 0.6) is 11.6 Å². The maximum atomic E-state index is 14.4. The van der Waals surface area contributed by atoms with Crippen LogP contribution in [0.15, 0.2) is 18.2 Å². The minimum atomic E-state index is -0.809. The van der Waals surface area contributed by atoms with Gasteiger partial charge in [0.1, 0.15) is 36.8 Å². The van der Waals surface area contributed by atoms with Crippen LogP contribution in [0.3, 0.4) is 0 Å². The number of anilines is 1. The molecule has 8 nitrogen and oxygen atoms in total. The second-order valence-electron chi connectivity index (χ2n) is 13.6. The van der Waals surface area contributed by atoms with E-state index in [-0.39, 0.29) is 11.1 Å². The van der Waals surface area contributed by atoms with Gasteiger partial charge in [-0.2, -0.15) is 5.26 Å². The van der Waals surface area contributed by atoms with Crippen molar-refractivity contribution in [3.05, 3.63) is 46.1 Å². The van der Waals surface area contributed by atoms with Crippen LogP contribution in [0, 0.1) is 11.3 Å². The van der Waals surface area contributed by atoms with Crippen molar-refractivity contribution >= 4 is 5.69 Å². The number of alkyl halides is 1. The first kappa shape index (κ1) is 27.9.